The van der Waals surface area contributed by atoms with Crippen LogP contribution in [0.2, 0.25) is 0 Å². The van der Waals surface area contributed by atoms with Crippen LogP contribution < -0.4 is 5.32 Å². The summed E-state index contributed by atoms with van der Waals surface area (Å²) in [6, 6.07) is 1.98. The minimum Gasteiger partial charge on any atom is -0.354 e. The molecule has 0 radical (unpaired) electrons. The molecule has 0 aliphatic rings. The largest absolute Gasteiger partial charge is 0.354 e. The highest BCUT2D eigenvalue weighted by molar-refractivity contribution is 5.82. The maximum absolute atomic E-state index is 11.7. The predicted octanol–water partition coefficient (Wildman–Crippen LogP) is 1.16. The van der Waals surface area contributed by atoms with Gasteiger partial charge in [-0.3, -0.25) is 9.59 Å². The molecule has 0 heterocycles. The lowest BCUT2D eigenvalue weighted by Crippen LogP contribution is -2.37. The number of nitriles is 1. The summed E-state index contributed by atoms with van der Waals surface area (Å²) < 4.78 is 0. The summed E-state index contributed by atoms with van der Waals surface area (Å²) in [4.78, 5) is 25.0. The Hall–Kier alpha value is -1.57. The smallest absolute Gasteiger partial charge is 0.237 e. The van der Waals surface area contributed by atoms with Gasteiger partial charge in [0.15, 0.2) is 0 Å². The monoisotopic (exact) mass is 253 g/mol. The number of rotatable bonds is 7. The molecule has 0 saturated heterocycles. The zero-order valence-electron chi connectivity index (χ0n) is 11.7. The lowest BCUT2D eigenvalue weighted by atomic mass is 9.97. The van der Waals surface area contributed by atoms with Crippen molar-refractivity contribution in [1.29, 1.82) is 5.26 Å². The van der Waals surface area contributed by atoms with E-state index in [0.717, 1.165) is 0 Å². The molecule has 1 atom stereocenters. The molecular formula is C13H23N3O2. The first-order chi connectivity index (χ1) is 8.47. The second-order valence-corrected chi connectivity index (χ2v) is 4.46. The molecule has 5 heteroatoms. The van der Waals surface area contributed by atoms with Gasteiger partial charge in [0.25, 0.3) is 0 Å². The van der Waals surface area contributed by atoms with Crippen LogP contribution in [0.3, 0.4) is 0 Å². The van der Waals surface area contributed by atoms with Crippen molar-refractivity contribution >= 4 is 11.8 Å². The van der Waals surface area contributed by atoms with Gasteiger partial charge in [-0.1, -0.05) is 13.8 Å². The third-order valence-electron chi connectivity index (χ3n) is 2.84. The molecule has 2 amide bonds. The standard InChI is InChI=1S/C13H23N3O2/c1-5-16(6-2)12(17)7-8-15-13(18)11(9-14)10(3)4/h10-11H,5-8H2,1-4H3,(H,15,18). The molecule has 0 fully saturated rings. The van der Waals surface area contributed by atoms with Gasteiger partial charge in [0.1, 0.15) is 5.92 Å². The van der Waals surface area contributed by atoms with E-state index in [-0.39, 0.29) is 24.2 Å². The Morgan fingerprint density at radius 1 is 1.28 bits per heavy atom. The molecule has 0 bridgehead atoms. The van der Waals surface area contributed by atoms with E-state index in [9.17, 15) is 9.59 Å². The Morgan fingerprint density at radius 2 is 1.83 bits per heavy atom. The van der Waals surface area contributed by atoms with E-state index in [1.54, 1.807) is 4.90 Å². The Labute approximate surface area is 109 Å². The van der Waals surface area contributed by atoms with Crippen molar-refractivity contribution in [1.82, 2.24) is 10.2 Å². The summed E-state index contributed by atoms with van der Waals surface area (Å²) in [5.41, 5.74) is 0. The molecule has 0 aliphatic heterocycles. The molecular weight excluding hydrogens is 230 g/mol. The van der Waals surface area contributed by atoms with Crippen LogP contribution in [0.25, 0.3) is 0 Å². The average Bonchev–Trinajstić information content (AvgIpc) is 2.30. The number of amides is 2. The SMILES string of the molecule is CCN(CC)C(=O)CCNC(=O)C(C#N)C(C)C. The Balaban J connectivity index is 4.09. The van der Waals surface area contributed by atoms with Gasteiger partial charge in [-0.15, -0.1) is 0 Å². The third-order valence-corrected chi connectivity index (χ3v) is 2.84. The average molecular weight is 253 g/mol. The van der Waals surface area contributed by atoms with E-state index in [2.05, 4.69) is 5.32 Å². The first-order valence-electron chi connectivity index (χ1n) is 6.42. The second kappa shape index (κ2) is 8.51. The van der Waals surface area contributed by atoms with Gasteiger partial charge in [-0.2, -0.15) is 5.26 Å². The third kappa shape index (κ3) is 5.17. The number of hydrogen-bond donors (Lipinski definition) is 1. The second-order valence-electron chi connectivity index (χ2n) is 4.46. The topological polar surface area (TPSA) is 73.2 Å². The number of carbonyl (C=O) groups excluding carboxylic acids is 2. The zero-order chi connectivity index (χ0) is 14.1. The number of hydrogen-bond acceptors (Lipinski definition) is 3. The Morgan fingerprint density at radius 3 is 2.22 bits per heavy atom. The van der Waals surface area contributed by atoms with E-state index >= 15 is 0 Å². The molecule has 5 nitrogen and oxygen atoms in total. The van der Waals surface area contributed by atoms with Crippen LogP contribution in [-0.4, -0.2) is 36.3 Å². The van der Waals surface area contributed by atoms with Crippen molar-refractivity contribution in [3.05, 3.63) is 0 Å². The van der Waals surface area contributed by atoms with Crippen LogP contribution in [-0.2, 0) is 9.59 Å². The van der Waals surface area contributed by atoms with Crippen molar-refractivity contribution in [3.63, 3.8) is 0 Å². The molecule has 0 aliphatic carbocycles. The number of carbonyl (C=O) groups is 2. The van der Waals surface area contributed by atoms with Crippen LogP contribution in [0.4, 0.5) is 0 Å². The highest BCUT2D eigenvalue weighted by atomic mass is 16.2. The molecule has 18 heavy (non-hydrogen) atoms. The number of nitrogens with one attached hydrogen (secondary N) is 1. The van der Waals surface area contributed by atoms with Crippen molar-refractivity contribution in [2.75, 3.05) is 19.6 Å². The van der Waals surface area contributed by atoms with Crippen molar-refractivity contribution in [3.8, 4) is 6.07 Å². The van der Waals surface area contributed by atoms with Crippen molar-refractivity contribution < 1.29 is 9.59 Å². The summed E-state index contributed by atoms with van der Waals surface area (Å²) in [5, 5.41) is 11.5. The van der Waals surface area contributed by atoms with Crippen LogP contribution in [0.5, 0.6) is 0 Å². The molecule has 1 unspecified atom stereocenters. The van der Waals surface area contributed by atoms with Crippen LogP contribution >= 0.6 is 0 Å². The molecule has 0 aromatic heterocycles. The normalized spacial score (nSPS) is 11.8. The minimum absolute atomic E-state index is 0.0199. The van der Waals surface area contributed by atoms with Gasteiger partial charge in [0.2, 0.25) is 11.8 Å². The summed E-state index contributed by atoms with van der Waals surface area (Å²) in [7, 11) is 0. The Kier molecular flexibility index (Phi) is 7.77. The van der Waals surface area contributed by atoms with Crippen LogP contribution in [0, 0.1) is 23.2 Å². The molecule has 0 spiro atoms. The zero-order valence-corrected chi connectivity index (χ0v) is 11.7. The van der Waals surface area contributed by atoms with Gasteiger partial charge in [-0.25, -0.2) is 0 Å². The Bertz CT molecular complexity index is 317. The first kappa shape index (κ1) is 16.4. The van der Waals surface area contributed by atoms with Gasteiger partial charge < -0.3 is 10.2 Å². The molecule has 1 N–H and O–H groups in total. The van der Waals surface area contributed by atoms with E-state index < -0.39 is 5.92 Å². The van der Waals surface area contributed by atoms with E-state index in [0.29, 0.717) is 19.6 Å². The molecule has 0 rings (SSSR count). The fraction of sp³-hybridized carbons (Fsp3) is 0.769. The molecule has 0 saturated carbocycles. The molecule has 0 aromatic rings. The fourth-order valence-electron chi connectivity index (χ4n) is 1.65. The van der Waals surface area contributed by atoms with Gasteiger partial charge in [0.05, 0.1) is 6.07 Å². The van der Waals surface area contributed by atoms with Crippen molar-refractivity contribution in [2.45, 2.75) is 34.1 Å². The van der Waals surface area contributed by atoms with E-state index in [1.165, 1.54) is 0 Å². The summed E-state index contributed by atoms with van der Waals surface area (Å²) in [6.07, 6.45) is 0.281. The van der Waals surface area contributed by atoms with Gasteiger partial charge in [0, 0.05) is 26.1 Å². The molecule has 102 valence electrons. The number of nitrogens with zero attached hydrogens (tertiary/aromatic N) is 2. The van der Waals surface area contributed by atoms with Gasteiger partial charge >= 0.3 is 0 Å². The highest BCUT2D eigenvalue weighted by Crippen LogP contribution is 2.09. The maximum Gasteiger partial charge on any atom is 0.237 e. The van der Waals surface area contributed by atoms with Gasteiger partial charge in [-0.05, 0) is 19.8 Å². The van der Waals surface area contributed by atoms with Crippen LogP contribution in [0.15, 0.2) is 0 Å². The van der Waals surface area contributed by atoms with E-state index in [4.69, 9.17) is 5.26 Å². The van der Waals surface area contributed by atoms with E-state index in [1.807, 2.05) is 33.8 Å². The molecule has 0 aromatic carbocycles. The first-order valence-corrected chi connectivity index (χ1v) is 6.42. The quantitative estimate of drug-likeness (QED) is 0.740. The van der Waals surface area contributed by atoms with Crippen molar-refractivity contribution in [2.24, 2.45) is 11.8 Å². The summed E-state index contributed by atoms with van der Waals surface area (Å²) in [5.74, 6) is -0.930. The predicted molar refractivity (Wildman–Crippen MR) is 69.5 cm³/mol. The minimum atomic E-state index is -0.645. The lowest BCUT2D eigenvalue weighted by Gasteiger charge is -2.19. The fourth-order valence-corrected chi connectivity index (χ4v) is 1.65. The van der Waals surface area contributed by atoms with Crippen LogP contribution in [0.1, 0.15) is 34.1 Å². The lowest BCUT2D eigenvalue weighted by molar-refractivity contribution is -0.131. The maximum atomic E-state index is 11.7. The summed E-state index contributed by atoms with van der Waals surface area (Å²) >= 11 is 0. The summed E-state index contributed by atoms with van der Waals surface area (Å²) in [6.45, 7) is 9.14. The highest BCUT2D eigenvalue weighted by Gasteiger charge is 2.21.